The van der Waals surface area contributed by atoms with Crippen LogP contribution in [0.3, 0.4) is 0 Å². The standard InChI is InChI=1S/C26H26P/c1-22-17-19-23(20-18-22)21-27(24-11-5-2-6-12-24,25-13-7-3-8-14-25)26-15-9-4-10-16-26/h2-3,5-9,11-20H,4,10,21H2,1H3/q+1. The normalized spacial score (nSPS) is 14.0. The van der Waals surface area contributed by atoms with Gasteiger partial charge in [-0.1, -0.05) is 72.3 Å². The summed E-state index contributed by atoms with van der Waals surface area (Å²) in [4.78, 5) is 0. The first-order valence-electron chi connectivity index (χ1n) is 9.71. The predicted octanol–water partition coefficient (Wildman–Crippen LogP) is 6.40. The van der Waals surface area contributed by atoms with E-state index in [0.29, 0.717) is 0 Å². The molecule has 1 aliphatic rings. The van der Waals surface area contributed by atoms with Gasteiger partial charge in [0.1, 0.15) is 23.2 Å². The molecule has 3 aromatic rings. The average Bonchev–Trinajstić information content (AvgIpc) is 2.75. The van der Waals surface area contributed by atoms with Crippen LogP contribution in [0.2, 0.25) is 0 Å². The minimum atomic E-state index is -1.74. The Kier molecular flexibility index (Phi) is 5.37. The minimum absolute atomic E-state index is 1.07. The van der Waals surface area contributed by atoms with Gasteiger partial charge in [0.15, 0.2) is 0 Å². The van der Waals surface area contributed by atoms with Gasteiger partial charge >= 0.3 is 0 Å². The quantitative estimate of drug-likeness (QED) is 0.457. The zero-order valence-electron chi connectivity index (χ0n) is 15.9. The second-order valence-corrected chi connectivity index (χ2v) is 10.7. The highest BCUT2D eigenvalue weighted by Crippen LogP contribution is 2.66. The van der Waals surface area contributed by atoms with Gasteiger partial charge < -0.3 is 0 Å². The summed E-state index contributed by atoms with van der Waals surface area (Å²) in [6, 6.07) is 31.4. The maximum absolute atomic E-state index is 2.49. The van der Waals surface area contributed by atoms with Gasteiger partial charge in [-0.25, -0.2) is 0 Å². The summed E-state index contributed by atoms with van der Waals surface area (Å²) in [5, 5.41) is 4.45. The first-order valence-corrected chi connectivity index (χ1v) is 11.7. The van der Waals surface area contributed by atoms with E-state index in [-0.39, 0.29) is 0 Å². The summed E-state index contributed by atoms with van der Waals surface area (Å²) in [6.45, 7) is 2.16. The summed E-state index contributed by atoms with van der Waals surface area (Å²) < 4.78 is 0. The molecule has 134 valence electrons. The van der Waals surface area contributed by atoms with Crippen molar-refractivity contribution in [3.63, 3.8) is 0 Å². The Bertz CT molecular complexity index is 895. The molecule has 0 saturated heterocycles. The van der Waals surface area contributed by atoms with E-state index in [1.807, 2.05) is 0 Å². The lowest BCUT2D eigenvalue weighted by atomic mass is 10.2. The van der Waals surface area contributed by atoms with Crippen molar-refractivity contribution in [2.75, 3.05) is 0 Å². The van der Waals surface area contributed by atoms with Gasteiger partial charge in [-0.3, -0.25) is 0 Å². The SMILES string of the molecule is Cc1ccc(C[P+](C2=CCCC=C2)(c2ccccc2)c2ccccc2)cc1. The predicted molar refractivity (Wildman–Crippen MR) is 120 cm³/mol. The fourth-order valence-corrected chi connectivity index (χ4v) is 8.30. The van der Waals surface area contributed by atoms with E-state index in [1.165, 1.54) is 27.1 Å². The number of aryl methyl sites for hydroxylation is 1. The van der Waals surface area contributed by atoms with E-state index in [2.05, 4.69) is 110 Å². The summed E-state index contributed by atoms with van der Waals surface area (Å²) in [6.07, 6.45) is 10.6. The van der Waals surface area contributed by atoms with Crippen molar-refractivity contribution in [1.82, 2.24) is 0 Å². The van der Waals surface area contributed by atoms with Gasteiger partial charge in [0.2, 0.25) is 0 Å². The molecule has 0 nitrogen and oxygen atoms in total. The third-order valence-electron chi connectivity index (χ3n) is 5.35. The molecule has 0 heterocycles. The van der Waals surface area contributed by atoms with E-state index < -0.39 is 7.26 Å². The molecule has 0 spiro atoms. The molecule has 1 aliphatic carbocycles. The van der Waals surface area contributed by atoms with E-state index >= 15 is 0 Å². The molecule has 0 saturated carbocycles. The Balaban J connectivity index is 1.95. The summed E-state index contributed by atoms with van der Waals surface area (Å²) >= 11 is 0. The maximum atomic E-state index is 2.49. The monoisotopic (exact) mass is 369 g/mol. The first-order chi connectivity index (χ1) is 13.3. The number of hydrogen-bond donors (Lipinski definition) is 0. The fourth-order valence-electron chi connectivity index (χ4n) is 3.94. The van der Waals surface area contributed by atoms with Crippen LogP contribution in [0.25, 0.3) is 0 Å². The smallest absolute Gasteiger partial charge is 0.0803 e. The first kappa shape index (κ1) is 18.0. The second-order valence-electron chi connectivity index (χ2n) is 7.23. The van der Waals surface area contributed by atoms with Crippen molar-refractivity contribution >= 4 is 17.9 Å². The highest BCUT2D eigenvalue weighted by Gasteiger charge is 2.46. The molecule has 1 heteroatoms. The Morgan fingerprint density at radius 2 is 1.30 bits per heavy atom. The van der Waals surface area contributed by atoms with Gasteiger partial charge in [-0.15, -0.1) is 0 Å². The topological polar surface area (TPSA) is 0 Å². The molecular weight excluding hydrogens is 343 g/mol. The summed E-state index contributed by atoms with van der Waals surface area (Å²) in [7, 11) is -1.74. The minimum Gasteiger partial charge on any atom is -0.0803 e. The fraction of sp³-hybridized carbons (Fsp3) is 0.154. The lowest BCUT2D eigenvalue weighted by Gasteiger charge is -2.29. The van der Waals surface area contributed by atoms with Gasteiger partial charge in [-0.2, -0.15) is 0 Å². The largest absolute Gasteiger partial charge is 0.116 e. The number of benzene rings is 3. The molecule has 3 aromatic carbocycles. The summed E-state index contributed by atoms with van der Waals surface area (Å²) in [5.74, 6) is 0. The van der Waals surface area contributed by atoms with Crippen LogP contribution in [-0.2, 0) is 6.16 Å². The number of rotatable bonds is 5. The molecule has 4 rings (SSSR count). The second kappa shape index (κ2) is 8.07. The van der Waals surface area contributed by atoms with Crippen LogP contribution in [0.15, 0.2) is 108 Å². The van der Waals surface area contributed by atoms with Crippen molar-refractivity contribution in [2.24, 2.45) is 0 Å². The van der Waals surface area contributed by atoms with Crippen LogP contribution in [0.5, 0.6) is 0 Å². The van der Waals surface area contributed by atoms with Gasteiger partial charge in [-0.05, 0) is 61.7 Å². The van der Waals surface area contributed by atoms with Crippen molar-refractivity contribution in [1.29, 1.82) is 0 Å². The Hall–Kier alpha value is -2.43. The maximum Gasteiger partial charge on any atom is 0.116 e. The molecule has 27 heavy (non-hydrogen) atoms. The third kappa shape index (κ3) is 3.68. The molecular formula is C26H26P+. The van der Waals surface area contributed by atoms with E-state index in [4.69, 9.17) is 0 Å². The Morgan fingerprint density at radius 3 is 1.81 bits per heavy atom. The van der Waals surface area contributed by atoms with Crippen LogP contribution < -0.4 is 10.6 Å². The molecule has 0 unspecified atom stereocenters. The molecule has 0 aliphatic heterocycles. The van der Waals surface area contributed by atoms with Crippen LogP contribution in [0, 0.1) is 6.92 Å². The lowest BCUT2D eigenvalue weighted by Crippen LogP contribution is -2.25. The molecule has 0 atom stereocenters. The number of hydrogen-bond acceptors (Lipinski definition) is 0. The van der Waals surface area contributed by atoms with Crippen molar-refractivity contribution in [2.45, 2.75) is 25.9 Å². The molecule has 0 radical (unpaired) electrons. The molecule has 0 N–H and O–H groups in total. The highest BCUT2D eigenvalue weighted by atomic mass is 31.2. The van der Waals surface area contributed by atoms with Gasteiger partial charge in [0, 0.05) is 0 Å². The van der Waals surface area contributed by atoms with Crippen LogP contribution in [0.4, 0.5) is 0 Å². The van der Waals surface area contributed by atoms with Crippen LogP contribution in [-0.4, -0.2) is 0 Å². The molecule has 0 aromatic heterocycles. The zero-order valence-corrected chi connectivity index (χ0v) is 16.8. The van der Waals surface area contributed by atoms with Crippen LogP contribution >= 0.6 is 7.26 Å². The third-order valence-corrected chi connectivity index (χ3v) is 9.76. The van der Waals surface area contributed by atoms with E-state index in [1.54, 1.807) is 0 Å². The molecule has 0 fully saturated rings. The Labute approximate surface area is 163 Å². The molecule has 0 amide bonds. The highest BCUT2D eigenvalue weighted by molar-refractivity contribution is 7.92. The van der Waals surface area contributed by atoms with Crippen molar-refractivity contribution < 1.29 is 0 Å². The van der Waals surface area contributed by atoms with Crippen molar-refractivity contribution in [3.8, 4) is 0 Å². The van der Waals surface area contributed by atoms with Gasteiger partial charge in [0.05, 0.1) is 6.16 Å². The van der Waals surface area contributed by atoms with Crippen molar-refractivity contribution in [3.05, 3.63) is 120 Å². The van der Waals surface area contributed by atoms with Gasteiger partial charge in [0.25, 0.3) is 0 Å². The average molecular weight is 369 g/mol. The molecule has 0 bridgehead atoms. The summed E-state index contributed by atoms with van der Waals surface area (Å²) in [5.41, 5.74) is 2.74. The zero-order chi connectivity index (χ0) is 18.5. The number of allylic oxidation sites excluding steroid dienone is 4. The van der Waals surface area contributed by atoms with E-state index in [0.717, 1.165) is 19.0 Å². The van der Waals surface area contributed by atoms with E-state index in [9.17, 15) is 0 Å². The van der Waals surface area contributed by atoms with Crippen LogP contribution in [0.1, 0.15) is 24.0 Å². The lowest BCUT2D eigenvalue weighted by molar-refractivity contribution is 1.03. The Morgan fingerprint density at radius 1 is 0.704 bits per heavy atom.